The first-order chi connectivity index (χ1) is 23.8. The van der Waals surface area contributed by atoms with Crippen LogP contribution < -0.4 is 4.74 Å². The third kappa shape index (κ3) is 8.70. The number of carbonyl (C=O) groups is 1. The second-order valence-corrected chi connectivity index (χ2v) is 12.0. The Morgan fingerprint density at radius 2 is 1.38 bits per heavy atom. The average Bonchev–Trinajstić information content (AvgIpc) is 3.37. The summed E-state index contributed by atoms with van der Waals surface area (Å²) in [5, 5.41) is 103. The quantitative estimate of drug-likeness (QED) is 0.0754. The molecule has 1 aromatic rings. The molecule has 4 heterocycles. The summed E-state index contributed by atoms with van der Waals surface area (Å²) in [5.41, 5.74) is 0.517. The van der Waals surface area contributed by atoms with Gasteiger partial charge in [-0.2, -0.15) is 0 Å². The van der Waals surface area contributed by atoms with E-state index in [1.807, 2.05) is 0 Å². The molecule has 0 spiro atoms. The van der Waals surface area contributed by atoms with Gasteiger partial charge in [0.05, 0.1) is 26.9 Å². The Morgan fingerprint density at radius 3 is 2.08 bits per heavy atom. The Bertz CT molecular complexity index is 1300. The molecule has 0 aromatic heterocycles. The van der Waals surface area contributed by atoms with Gasteiger partial charge in [-0.25, -0.2) is 4.79 Å². The van der Waals surface area contributed by atoms with Crippen LogP contribution in [0.1, 0.15) is 5.56 Å². The molecule has 1 aromatic carbocycles. The summed E-state index contributed by atoms with van der Waals surface area (Å²) in [5.74, 6) is -0.715. The largest absolute Gasteiger partial charge is 0.504 e. The average molecular weight is 723 g/mol. The molecule has 4 saturated heterocycles. The van der Waals surface area contributed by atoms with Gasteiger partial charge in [-0.05, 0) is 23.8 Å². The van der Waals surface area contributed by atoms with Gasteiger partial charge in [0.2, 0.25) is 0 Å². The van der Waals surface area contributed by atoms with Crippen molar-refractivity contribution in [2.45, 2.75) is 98.4 Å². The number of aliphatic hydroxyl groups is 9. The fourth-order valence-corrected chi connectivity index (χ4v) is 5.61. The van der Waals surface area contributed by atoms with Crippen molar-refractivity contribution in [2.75, 3.05) is 33.5 Å². The summed E-state index contributed by atoms with van der Waals surface area (Å²) in [4.78, 5) is 12.3. The molecule has 0 saturated carbocycles. The van der Waals surface area contributed by atoms with E-state index in [0.717, 1.165) is 6.08 Å². The number of hydrogen-bond donors (Lipinski definition) is 10. The molecule has 282 valence electrons. The fraction of sp³-hybridized carbons (Fsp3) is 0.700. The van der Waals surface area contributed by atoms with Gasteiger partial charge in [-0.3, -0.25) is 0 Å². The number of carbonyl (C=O) groups excluding carboxylic acids is 1. The third-order valence-corrected chi connectivity index (χ3v) is 8.55. The summed E-state index contributed by atoms with van der Waals surface area (Å²) in [6, 6.07) is 4.39. The maximum atomic E-state index is 12.3. The highest BCUT2D eigenvalue weighted by atomic mass is 16.8. The molecule has 16 atom stereocenters. The highest BCUT2D eigenvalue weighted by Gasteiger charge is 2.51. The molecule has 50 heavy (non-hydrogen) atoms. The molecule has 20 nitrogen and oxygen atoms in total. The number of methoxy groups -OCH3 is 1. The predicted octanol–water partition coefficient (Wildman–Crippen LogP) is -5.21. The minimum Gasteiger partial charge on any atom is -0.504 e. The zero-order valence-corrected chi connectivity index (χ0v) is 26.5. The van der Waals surface area contributed by atoms with Crippen molar-refractivity contribution >= 4 is 12.0 Å². The van der Waals surface area contributed by atoms with Gasteiger partial charge < -0.3 is 93.7 Å². The molecule has 0 bridgehead atoms. The zero-order chi connectivity index (χ0) is 36.3. The lowest BCUT2D eigenvalue weighted by molar-refractivity contribution is -0.353. The zero-order valence-electron chi connectivity index (χ0n) is 26.5. The van der Waals surface area contributed by atoms with Crippen LogP contribution in [0.4, 0.5) is 0 Å². The summed E-state index contributed by atoms with van der Waals surface area (Å²) in [6.45, 7) is -1.74. The molecule has 1 unspecified atom stereocenters. The summed E-state index contributed by atoms with van der Waals surface area (Å²) in [6.07, 6.45) is -22.4. The van der Waals surface area contributed by atoms with Gasteiger partial charge in [-0.1, -0.05) is 6.07 Å². The minimum atomic E-state index is -1.77. The maximum Gasteiger partial charge on any atom is 0.330 e. The molecule has 0 aliphatic carbocycles. The molecule has 4 fully saturated rings. The SMILES string of the molecule is COc1cc(/C=C/C(=O)OC[C@@H]2O[C@@H](O[C@@H]3[C@@H](O)[C@H](O[C@@H]4CO[C@@H](O[C@@H]5COC(O)[C@H](O)[C@H]5O)[C@H](O)[C@H]4O)OC[C@H]3O)[C@H](O)[C@H]2O)ccc1O. The third-order valence-electron chi connectivity index (χ3n) is 8.55. The summed E-state index contributed by atoms with van der Waals surface area (Å²) in [7, 11) is 1.37. The number of phenols is 1. The smallest absolute Gasteiger partial charge is 0.330 e. The van der Waals surface area contributed by atoms with Crippen LogP contribution in [0.5, 0.6) is 11.5 Å². The lowest BCUT2D eigenvalue weighted by Crippen LogP contribution is -2.62. The first-order valence-corrected chi connectivity index (χ1v) is 15.6. The van der Waals surface area contributed by atoms with E-state index in [-0.39, 0.29) is 18.1 Å². The lowest BCUT2D eigenvalue weighted by Gasteiger charge is -2.44. The van der Waals surface area contributed by atoms with Gasteiger partial charge in [0.15, 0.2) is 36.7 Å². The molecular weight excluding hydrogens is 680 g/mol. The summed E-state index contributed by atoms with van der Waals surface area (Å²) >= 11 is 0. The molecule has 4 aliphatic heterocycles. The van der Waals surface area contributed by atoms with Gasteiger partial charge >= 0.3 is 5.97 Å². The van der Waals surface area contributed by atoms with E-state index in [1.165, 1.54) is 31.4 Å². The molecular formula is C30H42O20. The van der Waals surface area contributed by atoms with Crippen molar-refractivity contribution in [3.8, 4) is 11.5 Å². The van der Waals surface area contributed by atoms with Crippen LogP contribution in [0.15, 0.2) is 24.3 Å². The second kappa shape index (κ2) is 16.8. The van der Waals surface area contributed by atoms with E-state index in [0.29, 0.717) is 5.56 Å². The fourth-order valence-electron chi connectivity index (χ4n) is 5.61. The maximum absolute atomic E-state index is 12.3. The van der Waals surface area contributed by atoms with Crippen molar-refractivity contribution in [3.63, 3.8) is 0 Å². The number of hydrogen-bond acceptors (Lipinski definition) is 20. The Balaban J connectivity index is 1.11. The van der Waals surface area contributed by atoms with Crippen molar-refractivity contribution < 1.29 is 98.5 Å². The number of ether oxygens (including phenoxy) is 9. The number of esters is 1. The van der Waals surface area contributed by atoms with E-state index in [1.54, 1.807) is 0 Å². The normalized spacial score (nSPS) is 42.4. The number of rotatable bonds is 11. The van der Waals surface area contributed by atoms with Crippen molar-refractivity contribution in [2.24, 2.45) is 0 Å². The van der Waals surface area contributed by atoms with Gasteiger partial charge in [-0.15, -0.1) is 0 Å². The molecule has 20 heteroatoms. The molecule has 0 radical (unpaired) electrons. The predicted molar refractivity (Wildman–Crippen MR) is 157 cm³/mol. The van der Waals surface area contributed by atoms with Gasteiger partial charge in [0.25, 0.3) is 0 Å². The highest BCUT2D eigenvalue weighted by Crippen LogP contribution is 2.31. The first-order valence-electron chi connectivity index (χ1n) is 15.6. The van der Waals surface area contributed by atoms with E-state index in [4.69, 9.17) is 42.6 Å². The minimum absolute atomic E-state index is 0.0868. The molecule has 10 N–H and O–H groups in total. The number of benzene rings is 1. The van der Waals surface area contributed by atoms with Gasteiger partial charge in [0.1, 0.15) is 79.9 Å². The highest BCUT2D eigenvalue weighted by molar-refractivity contribution is 5.87. The Hall–Kier alpha value is -2.61. The van der Waals surface area contributed by atoms with Crippen LogP contribution in [0, 0.1) is 0 Å². The van der Waals surface area contributed by atoms with E-state index in [2.05, 4.69) is 0 Å². The Kier molecular flexibility index (Phi) is 13.0. The molecule has 5 rings (SSSR count). The van der Waals surface area contributed by atoms with Gasteiger partial charge in [0, 0.05) is 6.08 Å². The molecule has 0 amide bonds. The molecule has 4 aliphatic rings. The number of aliphatic hydroxyl groups excluding tert-OH is 9. The standard InChI is InChI=1S/C30H42O20/c1-42-14-6-11(2-4-12(14)31)3-5-18(33)43-8-15-21(36)24(39)30(49-15)50-26-13(32)7-45-29(25(26)40)48-17-10-46-28(23(38)20(17)35)47-16-9-44-27(41)22(37)19(16)34/h2-6,13,15-17,19-32,34-41H,7-10H2,1H3/b5-3+/t13-,15+,16-,17-,19+,20+,21+,22-,23-,24-,25-,26+,27?,28+,29+,30+/m1/s1. The van der Waals surface area contributed by atoms with Crippen LogP contribution >= 0.6 is 0 Å². The second-order valence-electron chi connectivity index (χ2n) is 12.0. The van der Waals surface area contributed by atoms with Crippen LogP contribution in [0.25, 0.3) is 6.08 Å². The van der Waals surface area contributed by atoms with E-state index < -0.39 is 124 Å². The van der Waals surface area contributed by atoms with Crippen LogP contribution in [-0.4, -0.2) is 189 Å². The van der Waals surface area contributed by atoms with Crippen LogP contribution in [-0.2, 0) is 42.7 Å². The first kappa shape index (κ1) is 38.6. The van der Waals surface area contributed by atoms with E-state index in [9.17, 15) is 55.9 Å². The van der Waals surface area contributed by atoms with Crippen molar-refractivity contribution in [1.29, 1.82) is 0 Å². The van der Waals surface area contributed by atoms with Crippen molar-refractivity contribution in [3.05, 3.63) is 29.8 Å². The summed E-state index contributed by atoms with van der Waals surface area (Å²) < 4.78 is 48.0. The Labute approximate surface area is 284 Å². The number of aromatic hydroxyl groups is 1. The van der Waals surface area contributed by atoms with E-state index >= 15 is 0 Å². The van der Waals surface area contributed by atoms with Crippen LogP contribution in [0.3, 0.4) is 0 Å². The van der Waals surface area contributed by atoms with Crippen molar-refractivity contribution in [1.82, 2.24) is 0 Å². The topological polar surface area (TPSA) is 302 Å². The Morgan fingerprint density at radius 1 is 0.760 bits per heavy atom. The monoisotopic (exact) mass is 722 g/mol. The lowest BCUT2D eigenvalue weighted by atomic mass is 10.0. The number of phenolic OH excluding ortho intramolecular Hbond substituents is 1. The van der Waals surface area contributed by atoms with Crippen LogP contribution in [0.2, 0.25) is 0 Å².